The van der Waals surface area contributed by atoms with E-state index < -0.39 is 17.6 Å². The van der Waals surface area contributed by atoms with Gasteiger partial charge in [-0.3, -0.25) is 0 Å². The molecule has 1 aliphatic carbocycles. The molecule has 48 heavy (non-hydrogen) atoms. The van der Waals surface area contributed by atoms with E-state index in [0.29, 0.717) is 11.8 Å². The van der Waals surface area contributed by atoms with Crippen molar-refractivity contribution in [2.45, 2.75) is 64.8 Å². The Morgan fingerprint density at radius 2 is 1.04 bits per heavy atom. The van der Waals surface area contributed by atoms with E-state index in [-0.39, 0.29) is 11.5 Å². The molecule has 4 bridgehead atoms. The summed E-state index contributed by atoms with van der Waals surface area (Å²) in [7, 11) is 4.31. The minimum atomic E-state index is -0.566. The molecule has 4 aromatic carbocycles. The van der Waals surface area contributed by atoms with Crippen LogP contribution in [0.5, 0.6) is 0 Å². The first-order valence-corrected chi connectivity index (χ1v) is 19.2. The van der Waals surface area contributed by atoms with E-state index in [1.165, 1.54) is 41.7 Å². The second-order valence-corrected chi connectivity index (χ2v) is 17.0. The summed E-state index contributed by atoms with van der Waals surface area (Å²) in [5.41, 5.74) is 12.2. The Balaban J connectivity index is 1.46. The summed E-state index contributed by atoms with van der Waals surface area (Å²) < 4.78 is 2.58. The Morgan fingerprint density at radius 3 is 1.48 bits per heavy atom. The summed E-state index contributed by atoms with van der Waals surface area (Å²) in [5, 5.41) is 0. The van der Waals surface area contributed by atoms with Gasteiger partial charge in [0, 0.05) is 0 Å². The molecule has 5 nitrogen and oxygen atoms in total. The molecule has 0 fully saturated rings. The number of nitrogens with zero attached hydrogens (tertiary/aromatic N) is 5. The summed E-state index contributed by atoms with van der Waals surface area (Å²) in [6.07, 6.45) is 8.72. The van der Waals surface area contributed by atoms with E-state index >= 15 is 0 Å². The van der Waals surface area contributed by atoms with Crippen LogP contribution < -0.4 is 14.7 Å². The van der Waals surface area contributed by atoms with Gasteiger partial charge in [0.15, 0.2) is 0 Å². The van der Waals surface area contributed by atoms with E-state index in [2.05, 4.69) is 190 Å². The summed E-state index contributed by atoms with van der Waals surface area (Å²) in [6, 6.07) is 35.5. The SMILES string of the molecule is CC(C)c1ccc2c(c1)C(N1c3[c-]c(ccc3)N3C=CN(C)[C]3=[Pt]=[C]3N(C)C=CN3c3[c-]c1ccc3)c1cc(C(C)C)ccc1C2(C)C. The number of rotatable bonds is 3. The summed E-state index contributed by atoms with van der Waals surface area (Å²) in [4.78, 5) is 11.7. The van der Waals surface area contributed by atoms with Crippen molar-refractivity contribution >= 4 is 31.0 Å². The average molecular weight is 813 g/mol. The third-order valence-electron chi connectivity index (χ3n) is 10.2. The van der Waals surface area contributed by atoms with Gasteiger partial charge < -0.3 is 0 Å². The fourth-order valence-electron chi connectivity index (χ4n) is 7.42. The minimum absolute atomic E-state index is 0.0747. The molecule has 0 saturated heterocycles. The molecule has 0 N–H and O–H groups in total. The zero-order chi connectivity index (χ0) is 33.5. The summed E-state index contributed by atoms with van der Waals surface area (Å²) in [5.74, 6) is 0.838. The first kappa shape index (κ1) is 31.1. The number of hydrogen-bond donors (Lipinski definition) is 0. The first-order valence-electron chi connectivity index (χ1n) is 16.9. The Morgan fingerprint density at radius 1 is 0.604 bits per heavy atom. The molecule has 0 aromatic heterocycles. The zero-order valence-corrected chi connectivity index (χ0v) is 31.3. The molecule has 0 spiro atoms. The van der Waals surface area contributed by atoms with E-state index in [9.17, 15) is 0 Å². The quantitative estimate of drug-likeness (QED) is 0.192. The van der Waals surface area contributed by atoms with Crippen molar-refractivity contribution in [1.29, 1.82) is 0 Å². The molecule has 0 saturated carbocycles. The van der Waals surface area contributed by atoms with Gasteiger partial charge in [0.2, 0.25) is 0 Å². The zero-order valence-electron chi connectivity index (χ0n) is 29.0. The third kappa shape index (κ3) is 4.85. The molecule has 6 heteroatoms. The first-order chi connectivity index (χ1) is 23.0. The van der Waals surface area contributed by atoms with Gasteiger partial charge in [-0.2, -0.15) is 0 Å². The van der Waals surface area contributed by atoms with E-state index in [4.69, 9.17) is 0 Å². The van der Waals surface area contributed by atoms with Crippen molar-refractivity contribution in [3.8, 4) is 0 Å². The molecule has 4 aliphatic rings. The van der Waals surface area contributed by atoms with E-state index in [1.807, 2.05) is 0 Å². The normalized spacial score (nSPS) is 18.1. The van der Waals surface area contributed by atoms with Gasteiger partial charge in [-0.25, -0.2) is 0 Å². The van der Waals surface area contributed by atoms with Crippen LogP contribution in [0.2, 0.25) is 0 Å². The Kier molecular flexibility index (Phi) is 7.41. The van der Waals surface area contributed by atoms with Crippen LogP contribution in [0, 0.1) is 12.1 Å². The van der Waals surface area contributed by atoms with Crippen molar-refractivity contribution < 1.29 is 17.6 Å². The van der Waals surface area contributed by atoms with Crippen LogP contribution in [0.4, 0.5) is 22.7 Å². The summed E-state index contributed by atoms with van der Waals surface area (Å²) in [6.45, 7) is 14.0. The number of hydrogen-bond acceptors (Lipinski definition) is 5. The molecular formula is C42H43N5Pt-2. The fraction of sp³-hybridized carbons (Fsp3) is 0.286. The van der Waals surface area contributed by atoms with Crippen LogP contribution in [0.25, 0.3) is 0 Å². The van der Waals surface area contributed by atoms with Gasteiger partial charge in [-0.15, -0.1) is 0 Å². The van der Waals surface area contributed by atoms with Crippen LogP contribution >= 0.6 is 0 Å². The van der Waals surface area contributed by atoms with Crippen molar-refractivity contribution in [2.75, 3.05) is 28.8 Å². The van der Waals surface area contributed by atoms with E-state index in [1.54, 1.807) is 0 Å². The molecule has 0 atom stereocenters. The molecule has 3 heterocycles. The van der Waals surface area contributed by atoms with Gasteiger partial charge in [0.05, 0.1) is 0 Å². The molecule has 4 aromatic rings. The van der Waals surface area contributed by atoms with Crippen LogP contribution in [0.15, 0.2) is 97.6 Å². The molecule has 0 unspecified atom stereocenters. The van der Waals surface area contributed by atoms with Gasteiger partial charge in [0.25, 0.3) is 0 Å². The Bertz CT molecular complexity index is 1940. The van der Waals surface area contributed by atoms with Gasteiger partial charge in [-0.1, -0.05) is 0 Å². The van der Waals surface area contributed by atoms with Crippen LogP contribution in [-0.2, 0) is 23.1 Å². The molecule has 248 valence electrons. The monoisotopic (exact) mass is 812 g/mol. The number of fused-ring (bicyclic) bond motifs is 10. The Hall–Kier alpha value is -4.21. The summed E-state index contributed by atoms with van der Waals surface area (Å²) >= 11 is -0.566. The van der Waals surface area contributed by atoms with Crippen LogP contribution in [-0.4, -0.2) is 32.2 Å². The molecule has 0 amide bonds. The number of benzene rings is 4. The van der Waals surface area contributed by atoms with Crippen molar-refractivity contribution in [3.05, 3.63) is 143 Å². The predicted molar refractivity (Wildman–Crippen MR) is 197 cm³/mol. The number of anilines is 4. The van der Waals surface area contributed by atoms with Gasteiger partial charge in [-0.05, 0) is 0 Å². The van der Waals surface area contributed by atoms with Crippen molar-refractivity contribution in [2.24, 2.45) is 0 Å². The average Bonchev–Trinajstić information content (AvgIpc) is 3.63. The second-order valence-electron chi connectivity index (χ2n) is 14.4. The fourth-order valence-corrected chi connectivity index (χ4v) is 10.4. The topological polar surface area (TPSA) is 16.2 Å². The second kappa shape index (κ2) is 11.4. The molecular weight excluding hydrogens is 770 g/mol. The van der Waals surface area contributed by atoms with Crippen LogP contribution in [0.3, 0.4) is 0 Å². The molecule has 8 rings (SSSR count). The van der Waals surface area contributed by atoms with E-state index in [0.717, 1.165) is 22.7 Å². The predicted octanol–water partition coefficient (Wildman–Crippen LogP) is 8.82. The standard InChI is InChI=1S/C42H43N5.Pt/c1-29(2)31-15-17-39-37(23-31)41(38-24-32(30(3)4)16-18-40(38)42(39,5)6)47(35-13-9-11-33(25-35)45-21-19-43(7)27-45)36-14-10-12-34(26-36)46-22-20-44(8)28-46;/h9-24,29-30,41H,1-8H3;/q-2;. The molecule has 0 radical (unpaired) electrons. The maximum atomic E-state index is 3.94. The third-order valence-corrected chi connectivity index (χ3v) is 13.9. The van der Waals surface area contributed by atoms with Crippen LogP contribution in [0.1, 0.15) is 92.8 Å². The van der Waals surface area contributed by atoms with Gasteiger partial charge in [0.1, 0.15) is 0 Å². The van der Waals surface area contributed by atoms with Gasteiger partial charge >= 0.3 is 295 Å². The van der Waals surface area contributed by atoms with Crippen molar-refractivity contribution in [1.82, 2.24) is 9.80 Å². The Labute approximate surface area is 293 Å². The maximum absolute atomic E-state index is 3.94. The molecule has 3 aliphatic heterocycles. The van der Waals surface area contributed by atoms with Crippen molar-refractivity contribution in [3.63, 3.8) is 0 Å².